The summed E-state index contributed by atoms with van der Waals surface area (Å²) in [5, 5.41) is 0.642. The van der Waals surface area contributed by atoms with E-state index in [2.05, 4.69) is 0 Å². The fraction of sp³-hybridized carbons (Fsp3) is 0.419. The van der Waals surface area contributed by atoms with E-state index in [1.54, 1.807) is 48.5 Å². The zero-order valence-corrected chi connectivity index (χ0v) is 23.5. The zero-order chi connectivity index (χ0) is 28.0. The first kappa shape index (κ1) is 28.2. The van der Waals surface area contributed by atoms with Crippen molar-refractivity contribution in [3.63, 3.8) is 0 Å². The SMILES string of the molecule is CCCCCc1sc2ccccc2c1C1=C(c2c(CCCCC)sc3ccccc23)C(F)(F)C(F)(F)C1(F)F. The lowest BCUT2D eigenvalue weighted by molar-refractivity contribution is -0.254. The molecule has 1 aliphatic rings. The molecule has 0 spiro atoms. The number of halogens is 6. The number of hydrogen-bond acceptors (Lipinski definition) is 2. The summed E-state index contributed by atoms with van der Waals surface area (Å²) in [6.07, 6.45) is 5.42. The van der Waals surface area contributed by atoms with E-state index < -0.39 is 28.9 Å². The number of hydrogen-bond donors (Lipinski definition) is 0. The van der Waals surface area contributed by atoms with Crippen molar-refractivity contribution in [2.75, 3.05) is 0 Å². The number of thiophene rings is 2. The van der Waals surface area contributed by atoms with Crippen molar-refractivity contribution in [3.8, 4) is 0 Å². The Morgan fingerprint density at radius 1 is 0.564 bits per heavy atom. The van der Waals surface area contributed by atoms with Crippen molar-refractivity contribution in [2.45, 2.75) is 83.0 Å². The topological polar surface area (TPSA) is 0 Å². The molecule has 0 N–H and O–H groups in total. The monoisotopic (exact) mass is 580 g/mol. The number of unbranched alkanes of at least 4 members (excludes halogenated alkanes) is 4. The second kappa shape index (κ2) is 10.6. The van der Waals surface area contributed by atoms with E-state index in [9.17, 15) is 0 Å². The van der Waals surface area contributed by atoms with Gasteiger partial charge in [0, 0.05) is 52.2 Å². The Balaban J connectivity index is 1.89. The molecule has 2 aromatic heterocycles. The van der Waals surface area contributed by atoms with E-state index in [0.717, 1.165) is 25.7 Å². The first-order chi connectivity index (χ1) is 18.6. The minimum Gasteiger partial charge on any atom is -0.194 e. The van der Waals surface area contributed by atoms with Crippen LogP contribution in [0.2, 0.25) is 0 Å². The predicted molar refractivity (Wildman–Crippen MR) is 152 cm³/mol. The van der Waals surface area contributed by atoms with E-state index in [0.29, 0.717) is 55.6 Å². The van der Waals surface area contributed by atoms with Crippen LogP contribution >= 0.6 is 22.7 Å². The standard InChI is InChI=1S/C31H30F6S2/c1-3-5-7-17-23-25(19-13-9-11-15-21(19)38-23)27-28(30(34,35)31(36,37)29(27,32)33)26-20-14-10-12-16-22(20)39-24(26)18-8-6-4-2/h9-16H,3-8,17-18H2,1-2H3. The van der Waals surface area contributed by atoms with Gasteiger partial charge in [-0.3, -0.25) is 0 Å². The number of aryl methyl sites for hydroxylation is 2. The van der Waals surface area contributed by atoms with Gasteiger partial charge in [0.15, 0.2) is 0 Å². The summed E-state index contributed by atoms with van der Waals surface area (Å²) in [6.45, 7) is 4.00. The highest BCUT2D eigenvalue weighted by Crippen LogP contribution is 2.67. The summed E-state index contributed by atoms with van der Waals surface area (Å²) in [6, 6.07) is 13.4. The van der Waals surface area contributed by atoms with Gasteiger partial charge in [-0.25, -0.2) is 0 Å². The zero-order valence-electron chi connectivity index (χ0n) is 21.9. The first-order valence-corrected chi connectivity index (χ1v) is 15.1. The summed E-state index contributed by atoms with van der Waals surface area (Å²) in [5.74, 6) is -15.7. The Morgan fingerprint density at radius 2 is 0.949 bits per heavy atom. The minimum atomic E-state index is -5.57. The molecule has 2 heterocycles. The highest BCUT2D eigenvalue weighted by atomic mass is 32.1. The summed E-state index contributed by atoms with van der Waals surface area (Å²) >= 11 is 2.46. The van der Waals surface area contributed by atoms with Crippen LogP contribution in [-0.2, 0) is 12.8 Å². The third-order valence-electron chi connectivity index (χ3n) is 7.52. The molecule has 0 unspecified atom stereocenters. The lowest BCUT2D eigenvalue weighted by atomic mass is 9.90. The molecule has 1 aliphatic carbocycles. The summed E-state index contributed by atoms with van der Waals surface area (Å²) in [4.78, 5) is 0.912. The van der Waals surface area contributed by atoms with Gasteiger partial charge in [-0.05, 0) is 37.8 Å². The van der Waals surface area contributed by atoms with Crippen molar-refractivity contribution in [2.24, 2.45) is 0 Å². The van der Waals surface area contributed by atoms with Crippen LogP contribution in [0.3, 0.4) is 0 Å². The van der Waals surface area contributed by atoms with Crippen molar-refractivity contribution in [1.82, 2.24) is 0 Å². The van der Waals surface area contributed by atoms with Gasteiger partial charge in [-0.15, -0.1) is 22.7 Å². The van der Waals surface area contributed by atoms with E-state index in [1.807, 2.05) is 13.8 Å². The molecule has 0 saturated heterocycles. The van der Waals surface area contributed by atoms with Gasteiger partial charge in [-0.2, -0.15) is 26.3 Å². The van der Waals surface area contributed by atoms with E-state index in [4.69, 9.17) is 0 Å². The number of allylic oxidation sites excluding steroid dienone is 2. The van der Waals surface area contributed by atoms with Crippen LogP contribution in [0.5, 0.6) is 0 Å². The van der Waals surface area contributed by atoms with Crippen molar-refractivity contribution >= 4 is 54.0 Å². The first-order valence-electron chi connectivity index (χ1n) is 13.5. The fourth-order valence-corrected chi connectivity index (χ4v) is 8.06. The molecule has 0 atom stereocenters. The molecule has 39 heavy (non-hydrogen) atoms. The van der Waals surface area contributed by atoms with Crippen LogP contribution in [-0.4, -0.2) is 17.8 Å². The molecule has 0 radical (unpaired) electrons. The Hall–Kier alpha value is -2.32. The van der Waals surface area contributed by atoms with Gasteiger partial charge < -0.3 is 0 Å². The van der Waals surface area contributed by atoms with Gasteiger partial charge >= 0.3 is 17.8 Å². The Labute approximate surface area is 232 Å². The van der Waals surface area contributed by atoms with Crippen molar-refractivity contribution < 1.29 is 26.3 Å². The molecule has 4 aromatic rings. The van der Waals surface area contributed by atoms with E-state index in [1.165, 1.54) is 22.7 Å². The molecule has 0 nitrogen and oxygen atoms in total. The summed E-state index contributed by atoms with van der Waals surface area (Å²) in [5.41, 5.74) is -2.69. The maximum Gasteiger partial charge on any atom is 0.380 e. The molecule has 0 bridgehead atoms. The van der Waals surface area contributed by atoms with Crippen molar-refractivity contribution in [1.29, 1.82) is 0 Å². The number of alkyl halides is 6. The van der Waals surface area contributed by atoms with Crippen LogP contribution in [0.1, 0.15) is 73.3 Å². The number of benzene rings is 2. The van der Waals surface area contributed by atoms with Gasteiger partial charge in [0.05, 0.1) is 0 Å². The summed E-state index contributed by atoms with van der Waals surface area (Å²) < 4.78 is 95.7. The van der Waals surface area contributed by atoms with E-state index in [-0.39, 0.29) is 11.1 Å². The van der Waals surface area contributed by atoms with Gasteiger partial charge in [-0.1, -0.05) is 75.9 Å². The fourth-order valence-electron chi connectivity index (χ4n) is 5.55. The number of rotatable bonds is 10. The molecule has 5 rings (SSSR count). The van der Waals surface area contributed by atoms with Crippen LogP contribution in [0.4, 0.5) is 26.3 Å². The quantitative estimate of drug-likeness (QED) is 0.129. The molecular formula is C31H30F6S2. The average molecular weight is 581 g/mol. The van der Waals surface area contributed by atoms with E-state index >= 15 is 26.3 Å². The highest BCUT2D eigenvalue weighted by Gasteiger charge is 2.80. The number of fused-ring (bicyclic) bond motifs is 2. The Kier molecular flexibility index (Phi) is 7.66. The molecule has 0 fully saturated rings. The Morgan fingerprint density at radius 3 is 1.33 bits per heavy atom. The second-order valence-corrected chi connectivity index (χ2v) is 12.5. The van der Waals surface area contributed by atoms with Crippen LogP contribution in [0.15, 0.2) is 48.5 Å². The van der Waals surface area contributed by atoms with Crippen LogP contribution in [0, 0.1) is 0 Å². The van der Waals surface area contributed by atoms with Crippen molar-refractivity contribution in [3.05, 3.63) is 69.4 Å². The van der Waals surface area contributed by atoms with Crippen LogP contribution in [0.25, 0.3) is 31.3 Å². The average Bonchev–Trinajstić information content (AvgIpc) is 3.47. The Bertz CT molecular complexity index is 1410. The van der Waals surface area contributed by atoms with Crippen LogP contribution < -0.4 is 0 Å². The molecule has 0 amide bonds. The minimum absolute atomic E-state index is 0.140. The highest BCUT2D eigenvalue weighted by molar-refractivity contribution is 7.19. The van der Waals surface area contributed by atoms with Gasteiger partial charge in [0.25, 0.3) is 0 Å². The second-order valence-electron chi connectivity index (χ2n) is 10.2. The van der Waals surface area contributed by atoms with Gasteiger partial charge in [0.2, 0.25) is 0 Å². The molecule has 0 saturated carbocycles. The smallest absolute Gasteiger partial charge is 0.194 e. The molecule has 0 aliphatic heterocycles. The third kappa shape index (κ3) is 4.42. The normalized spacial score (nSPS) is 18.1. The lowest BCUT2D eigenvalue weighted by Gasteiger charge is -2.26. The maximum atomic E-state index is 15.9. The summed E-state index contributed by atoms with van der Waals surface area (Å²) in [7, 11) is 0. The lowest BCUT2D eigenvalue weighted by Crippen LogP contribution is -2.49. The predicted octanol–water partition coefficient (Wildman–Crippen LogP) is 11.4. The molecule has 8 heteroatoms. The maximum absolute atomic E-state index is 15.9. The molecule has 2 aromatic carbocycles. The van der Waals surface area contributed by atoms with Gasteiger partial charge in [0.1, 0.15) is 0 Å². The molecular weight excluding hydrogens is 550 g/mol. The largest absolute Gasteiger partial charge is 0.380 e. The molecule has 208 valence electrons. The third-order valence-corrected chi connectivity index (χ3v) is 9.98.